The van der Waals surface area contributed by atoms with Crippen LogP contribution in [0.5, 0.6) is 0 Å². The van der Waals surface area contributed by atoms with Crippen LogP contribution in [0.15, 0.2) is 93.7 Å². The summed E-state index contributed by atoms with van der Waals surface area (Å²) in [5.74, 6) is -2.44. The maximum atomic E-state index is 13.0. The van der Waals surface area contributed by atoms with E-state index in [-0.39, 0.29) is 22.7 Å². The van der Waals surface area contributed by atoms with E-state index in [1.54, 1.807) is 26.0 Å². The van der Waals surface area contributed by atoms with E-state index < -0.39 is 23.1 Å². The Balaban J connectivity index is 1.74. The van der Waals surface area contributed by atoms with Gasteiger partial charge in [-0.15, -0.1) is 0 Å². The van der Waals surface area contributed by atoms with Crippen LogP contribution in [-0.4, -0.2) is 34.6 Å². The Morgan fingerprint density at radius 3 is 1.41 bits per heavy atom. The van der Waals surface area contributed by atoms with Crippen LogP contribution in [0.4, 0.5) is 0 Å². The van der Waals surface area contributed by atoms with Gasteiger partial charge >= 0.3 is 0 Å². The fraction of sp³-hybridized carbons (Fsp3) is 0.0833. The fourth-order valence-corrected chi connectivity index (χ4v) is 3.15. The smallest absolute Gasteiger partial charge is 0.255 e. The number of ketones is 4. The summed E-state index contributed by atoms with van der Waals surface area (Å²) in [7, 11) is 0. The summed E-state index contributed by atoms with van der Waals surface area (Å²) in [4.78, 5) is 59.8. The highest BCUT2D eigenvalue weighted by molar-refractivity contribution is 6.25. The van der Waals surface area contributed by atoms with Gasteiger partial charge in [-0.05, 0) is 61.4 Å². The molecule has 8 nitrogen and oxygen atoms in total. The van der Waals surface area contributed by atoms with Crippen molar-refractivity contribution in [3.63, 3.8) is 0 Å². The third kappa shape index (κ3) is 3.93. The number of oxime groups is 2. The van der Waals surface area contributed by atoms with Crippen LogP contribution in [0.25, 0.3) is 0 Å². The van der Waals surface area contributed by atoms with Crippen molar-refractivity contribution in [3.8, 4) is 0 Å². The monoisotopic (exact) mass is 428 g/mol. The molecule has 0 aliphatic heterocycles. The molecule has 0 unspecified atom stereocenters. The number of allylic oxidation sites excluding steroid dienone is 10. The average Bonchev–Trinajstić information content (AvgIpc) is 2.76. The average molecular weight is 428 g/mol. The number of benzene rings is 1. The Morgan fingerprint density at radius 2 is 1.03 bits per heavy atom. The molecule has 3 aliphatic rings. The zero-order chi connectivity index (χ0) is 22.8. The number of fused-ring (bicyclic) bond motifs is 1. The van der Waals surface area contributed by atoms with E-state index in [9.17, 15) is 19.2 Å². The second-order valence-corrected chi connectivity index (χ2v) is 7.12. The Labute approximate surface area is 182 Å². The van der Waals surface area contributed by atoms with Gasteiger partial charge in [0, 0.05) is 11.1 Å². The van der Waals surface area contributed by atoms with Crippen molar-refractivity contribution in [2.75, 3.05) is 0 Å². The summed E-state index contributed by atoms with van der Waals surface area (Å²) in [6, 6.07) is 6.25. The molecule has 4 rings (SSSR count). The molecule has 0 N–H and O–H groups in total. The Kier molecular flexibility index (Phi) is 5.43. The van der Waals surface area contributed by atoms with Crippen molar-refractivity contribution in [2.24, 2.45) is 10.3 Å². The van der Waals surface area contributed by atoms with E-state index in [0.717, 1.165) is 0 Å². The molecule has 0 saturated heterocycles. The van der Waals surface area contributed by atoms with Gasteiger partial charge in [-0.3, -0.25) is 19.2 Å². The number of carbonyl (C=O) groups excluding carboxylic acids is 4. The molecule has 0 spiro atoms. The number of carbonyl (C=O) groups is 4. The van der Waals surface area contributed by atoms with Gasteiger partial charge in [0.25, 0.3) is 11.5 Å². The van der Waals surface area contributed by atoms with Gasteiger partial charge in [-0.25, -0.2) is 0 Å². The molecule has 0 amide bonds. The van der Waals surface area contributed by atoms with Crippen LogP contribution >= 0.6 is 0 Å². The van der Waals surface area contributed by atoms with E-state index in [2.05, 4.69) is 10.3 Å². The molecule has 0 radical (unpaired) electrons. The van der Waals surface area contributed by atoms with Crippen molar-refractivity contribution >= 4 is 34.6 Å². The first kappa shape index (κ1) is 20.8. The number of Topliss-reactive ketones (excluding diaryl/α,β-unsaturated/α-hetero) is 2. The second kappa shape index (κ2) is 8.35. The molecule has 32 heavy (non-hydrogen) atoms. The van der Waals surface area contributed by atoms with E-state index in [4.69, 9.17) is 9.68 Å². The second-order valence-electron chi connectivity index (χ2n) is 7.12. The Morgan fingerprint density at radius 1 is 0.625 bits per heavy atom. The SMILES string of the molecule is CC1=CC(=O)C=CC1=NOC1=C(ON=C2C=CC(=O)C=C2C)C(=O)c2ccccc2C1=O. The van der Waals surface area contributed by atoms with Crippen LogP contribution in [-0.2, 0) is 19.3 Å². The maximum Gasteiger partial charge on any atom is 0.255 e. The molecule has 158 valence electrons. The number of rotatable bonds is 4. The quantitative estimate of drug-likeness (QED) is 0.538. The Hall–Kier alpha value is -4.46. The largest absolute Gasteiger partial charge is 0.348 e. The zero-order valence-electron chi connectivity index (χ0n) is 17.1. The fourth-order valence-electron chi connectivity index (χ4n) is 3.15. The lowest BCUT2D eigenvalue weighted by molar-refractivity contribution is -0.111. The van der Waals surface area contributed by atoms with Crippen LogP contribution in [0.1, 0.15) is 34.6 Å². The molecule has 0 bridgehead atoms. The molecule has 0 fully saturated rings. The van der Waals surface area contributed by atoms with E-state index in [1.165, 1.54) is 48.6 Å². The van der Waals surface area contributed by atoms with Gasteiger partial charge in [0.05, 0.1) is 0 Å². The molecular formula is C24H16N2O6. The number of nitrogens with zero attached hydrogens (tertiary/aromatic N) is 2. The third-order valence-corrected chi connectivity index (χ3v) is 4.84. The lowest BCUT2D eigenvalue weighted by atomic mass is 9.92. The third-order valence-electron chi connectivity index (χ3n) is 4.84. The summed E-state index contributed by atoms with van der Waals surface area (Å²) in [5, 5.41) is 7.86. The van der Waals surface area contributed by atoms with Crippen molar-refractivity contribution in [1.82, 2.24) is 0 Å². The highest BCUT2D eigenvalue weighted by Gasteiger charge is 2.36. The molecular weight excluding hydrogens is 412 g/mol. The van der Waals surface area contributed by atoms with Gasteiger partial charge in [0.2, 0.25) is 11.6 Å². The maximum absolute atomic E-state index is 13.0. The first-order valence-corrected chi connectivity index (χ1v) is 9.59. The molecule has 0 atom stereocenters. The topological polar surface area (TPSA) is 111 Å². The van der Waals surface area contributed by atoms with Gasteiger partial charge in [-0.1, -0.05) is 34.6 Å². The number of hydrogen-bond donors (Lipinski definition) is 0. The highest BCUT2D eigenvalue weighted by atomic mass is 16.7. The van der Waals surface area contributed by atoms with Crippen molar-refractivity contribution in [2.45, 2.75) is 13.8 Å². The van der Waals surface area contributed by atoms with Gasteiger partial charge in [0.1, 0.15) is 11.4 Å². The van der Waals surface area contributed by atoms with E-state index in [1.807, 2.05) is 0 Å². The molecule has 3 aliphatic carbocycles. The van der Waals surface area contributed by atoms with E-state index in [0.29, 0.717) is 22.6 Å². The highest BCUT2D eigenvalue weighted by Crippen LogP contribution is 2.28. The summed E-state index contributed by atoms with van der Waals surface area (Å²) in [6.07, 6.45) is 8.24. The zero-order valence-corrected chi connectivity index (χ0v) is 17.1. The minimum atomic E-state index is -0.598. The molecule has 0 heterocycles. The summed E-state index contributed by atoms with van der Waals surface area (Å²) >= 11 is 0. The standard InChI is InChI=1S/C24H16N2O6/c1-13-11-15(27)7-9-19(13)25-31-23-21(29)17-5-3-4-6-18(17)22(30)24(23)32-26-20-10-8-16(28)12-14(20)2/h3-12H,1-2H3. The van der Waals surface area contributed by atoms with Crippen LogP contribution in [0.3, 0.4) is 0 Å². The summed E-state index contributed by atoms with van der Waals surface area (Å²) < 4.78 is 0. The van der Waals surface area contributed by atoms with Crippen LogP contribution < -0.4 is 0 Å². The van der Waals surface area contributed by atoms with Crippen LogP contribution in [0, 0.1) is 0 Å². The molecule has 0 saturated carbocycles. The molecule has 8 heteroatoms. The lowest BCUT2D eigenvalue weighted by Gasteiger charge is -2.18. The normalized spacial score (nSPS) is 20.6. The number of hydrogen-bond acceptors (Lipinski definition) is 8. The lowest BCUT2D eigenvalue weighted by Crippen LogP contribution is -2.24. The molecule has 1 aromatic carbocycles. The van der Waals surface area contributed by atoms with Crippen molar-refractivity contribution in [1.29, 1.82) is 0 Å². The predicted octanol–water partition coefficient (Wildman–Crippen LogP) is 3.19. The van der Waals surface area contributed by atoms with E-state index >= 15 is 0 Å². The molecule has 0 aromatic heterocycles. The van der Waals surface area contributed by atoms with Crippen molar-refractivity contribution < 1.29 is 28.9 Å². The van der Waals surface area contributed by atoms with Gasteiger partial charge < -0.3 is 9.68 Å². The first-order chi connectivity index (χ1) is 15.3. The predicted molar refractivity (Wildman–Crippen MR) is 115 cm³/mol. The van der Waals surface area contributed by atoms with Crippen molar-refractivity contribution in [3.05, 3.63) is 94.5 Å². The van der Waals surface area contributed by atoms with Gasteiger partial charge in [-0.2, -0.15) is 0 Å². The Bertz CT molecular complexity index is 1200. The summed E-state index contributed by atoms with van der Waals surface area (Å²) in [6.45, 7) is 3.33. The van der Waals surface area contributed by atoms with Crippen LogP contribution in [0.2, 0.25) is 0 Å². The first-order valence-electron chi connectivity index (χ1n) is 9.59. The molecule has 1 aromatic rings. The summed E-state index contributed by atoms with van der Waals surface area (Å²) in [5.41, 5.74) is 1.99. The van der Waals surface area contributed by atoms with Gasteiger partial charge in [0.15, 0.2) is 11.6 Å². The minimum Gasteiger partial charge on any atom is -0.348 e. The minimum absolute atomic E-state index is 0.147.